The Balaban J connectivity index is 1.71. The Morgan fingerprint density at radius 3 is 2.81 bits per heavy atom. The molecule has 0 saturated heterocycles. The second kappa shape index (κ2) is 9.20. The zero-order valence-electron chi connectivity index (χ0n) is 18.2. The van der Waals surface area contributed by atoms with Crippen molar-refractivity contribution in [1.82, 2.24) is 14.5 Å². The average Bonchev–Trinajstić information content (AvgIpc) is 3.10. The minimum Gasteiger partial charge on any atom is -0.492 e. The molecule has 8 heteroatoms. The van der Waals surface area contributed by atoms with Crippen LogP contribution in [0.3, 0.4) is 0 Å². The zero-order chi connectivity index (χ0) is 22.0. The number of anilines is 1. The first kappa shape index (κ1) is 21.5. The summed E-state index contributed by atoms with van der Waals surface area (Å²) in [5.74, 6) is 0.938. The highest BCUT2D eigenvalue weighted by Crippen LogP contribution is 2.34. The summed E-state index contributed by atoms with van der Waals surface area (Å²) in [6, 6.07) is 7.31. The van der Waals surface area contributed by atoms with E-state index in [0.717, 1.165) is 36.1 Å². The molecule has 0 spiro atoms. The van der Waals surface area contributed by atoms with Crippen molar-refractivity contribution in [3.8, 4) is 5.75 Å². The van der Waals surface area contributed by atoms with E-state index in [4.69, 9.17) is 9.72 Å². The molecule has 0 aliphatic heterocycles. The fourth-order valence-corrected chi connectivity index (χ4v) is 5.30. The van der Waals surface area contributed by atoms with Gasteiger partial charge in [-0.15, -0.1) is 11.3 Å². The number of rotatable bonds is 7. The van der Waals surface area contributed by atoms with Gasteiger partial charge in [-0.2, -0.15) is 0 Å². The highest BCUT2D eigenvalue weighted by atomic mass is 32.1. The Labute approximate surface area is 185 Å². The van der Waals surface area contributed by atoms with Crippen LogP contribution in [0, 0.1) is 0 Å². The number of carbonyl (C=O) groups excluding carboxylic acids is 1. The SMILES string of the molecule is CCOc1ccccc1NC(=O)Cn1c(CN(C)C)nc2sc3c(c2c1=O)CCCC3. The molecule has 0 unspecified atom stereocenters. The van der Waals surface area contributed by atoms with E-state index in [0.29, 0.717) is 35.8 Å². The van der Waals surface area contributed by atoms with Crippen molar-refractivity contribution >= 4 is 33.1 Å². The minimum absolute atomic E-state index is 0.0873. The highest BCUT2D eigenvalue weighted by molar-refractivity contribution is 7.18. The van der Waals surface area contributed by atoms with E-state index in [2.05, 4.69) is 5.32 Å². The largest absolute Gasteiger partial charge is 0.492 e. The molecule has 164 valence electrons. The van der Waals surface area contributed by atoms with Gasteiger partial charge in [0, 0.05) is 4.88 Å². The molecule has 31 heavy (non-hydrogen) atoms. The number of aromatic nitrogens is 2. The van der Waals surface area contributed by atoms with Crippen LogP contribution in [0.15, 0.2) is 29.1 Å². The summed E-state index contributed by atoms with van der Waals surface area (Å²) in [5.41, 5.74) is 1.61. The standard InChI is InChI=1S/C23H28N4O3S/c1-4-30-17-11-7-6-10-16(17)24-20(28)14-27-19(13-26(2)3)25-22-21(23(27)29)15-9-5-8-12-18(15)31-22/h6-7,10-11H,4-5,8-9,12-14H2,1-3H3,(H,24,28). The Morgan fingerprint density at radius 2 is 2.03 bits per heavy atom. The number of nitrogens with zero attached hydrogens (tertiary/aromatic N) is 3. The molecular weight excluding hydrogens is 412 g/mol. The van der Waals surface area contributed by atoms with E-state index in [1.165, 1.54) is 9.44 Å². The van der Waals surface area contributed by atoms with Gasteiger partial charge in [-0.1, -0.05) is 12.1 Å². The second-order valence-electron chi connectivity index (χ2n) is 8.03. The molecular formula is C23H28N4O3S. The van der Waals surface area contributed by atoms with Crippen LogP contribution < -0.4 is 15.6 Å². The number of thiophene rings is 1. The number of carbonyl (C=O) groups is 1. The van der Waals surface area contributed by atoms with Crippen molar-refractivity contribution in [2.75, 3.05) is 26.0 Å². The molecule has 1 aliphatic carbocycles. The topological polar surface area (TPSA) is 76.5 Å². The van der Waals surface area contributed by atoms with Crippen LogP contribution in [0.4, 0.5) is 5.69 Å². The number of aryl methyl sites for hydroxylation is 2. The van der Waals surface area contributed by atoms with Gasteiger partial charge in [0.2, 0.25) is 5.91 Å². The summed E-state index contributed by atoms with van der Waals surface area (Å²) >= 11 is 1.63. The lowest BCUT2D eigenvalue weighted by atomic mass is 9.97. The van der Waals surface area contributed by atoms with Crippen molar-refractivity contribution in [2.24, 2.45) is 0 Å². The van der Waals surface area contributed by atoms with Gasteiger partial charge in [0.1, 0.15) is 22.9 Å². The summed E-state index contributed by atoms with van der Waals surface area (Å²) in [4.78, 5) is 35.3. The lowest BCUT2D eigenvalue weighted by molar-refractivity contribution is -0.116. The first-order valence-electron chi connectivity index (χ1n) is 10.7. The van der Waals surface area contributed by atoms with E-state index in [-0.39, 0.29) is 18.0 Å². The third kappa shape index (κ3) is 4.50. The maximum atomic E-state index is 13.5. The monoisotopic (exact) mass is 440 g/mol. The van der Waals surface area contributed by atoms with Gasteiger partial charge < -0.3 is 15.0 Å². The van der Waals surface area contributed by atoms with Gasteiger partial charge in [0.05, 0.1) is 24.2 Å². The van der Waals surface area contributed by atoms with Crippen LogP contribution in [-0.4, -0.2) is 41.1 Å². The molecule has 0 atom stereocenters. The third-order valence-electron chi connectivity index (χ3n) is 5.37. The Kier molecular flexibility index (Phi) is 6.38. The molecule has 1 N–H and O–H groups in total. The van der Waals surface area contributed by atoms with Crippen molar-refractivity contribution in [1.29, 1.82) is 0 Å². The molecule has 2 aromatic heterocycles. The van der Waals surface area contributed by atoms with Crippen molar-refractivity contribution in [3.05, 3.63) is 50.9 Å². The van der Waals surface area contributed by atoms with Crippen molar-refractivity contribution in [2.45, 2.75) is 45.7 Å². The number of para-hydroxylation sites is 2. The fraction of sp³-hybridized carbons (Fsp3) is 0.435. The fourth-order valence-electron chi connectivity index (χ4n) is 4.03. The van der Waals surface area contributed by atoms with Crippen molar-refractivity contribution in [3.63, 3.8) is 0 Å². The Morgan fingerprint density at radius 1 is 1.26 bits per heavy atom. The molecule has 2 heterocycles. The van der Waals surface area contributed by atoms with E-state index >= 15 is 0 Å². The highest BCUT2D eigenvalue weighted by Gasteiger charge is 2.23. The number of fused-ring (bicyclic) bond motifs is 3. The zero-order valence-corrected chi connectivity index (χ0v) is 19.1. The van der Waals surface area contributed by atoms with Crippen molar-refractivity contribution < 1.29 is 9.53 Å². The molecule has 4 rings (SSSR count). The minimum atomic E-state index is -0.278. The normalized spacial score (nSPS) is 13.4. The predicted octanol–water partition coefficient (Wildman–Crippen LogP) is 3.44. The lowest BCUT2D eigenvalue weighted by Crippen LogP contribution is -2.33. The molecule has 0 fully saturated rings. The first-order valence-corrected chi connectivity index (χ1v) is 11.5. The number of nitrogens with one attached hydrogen (secondary N) is 1. The molecule has 3 aromatic rings. The molecule has 1 aliphatic rings. The second-order valence-corrected chi connectivity index (χ2v) is 9.11. The summed E-state index contributed by atoms with van der Waals surface area (Å²) in [5, 5.41) is 3.59. The Bertz CT molecular complexity index is 1170. The number of hydrogen-bond acceptors (Lipinski definition) is 6. The van der Waals surface area contributed by atoms with Crippen LogP contribution in [-0.2, 0) is 30.7 Å². The maximum absolute atomic E-state index is 13.5. The maximum Gasteiger partial charge on any atom is 0.263 e. The molecule has 0 radical (unpaired) electrons. The Hall–Kier alpha value is -2.71. The quantitative estimate of drug-likeness (QED) is 0.609. The van der Waals surface area contributed by atoms with Crippen LogP contribution in [0.25, 0.3) is 10.2 Å². The van der Waals surface area contributed by atoms with Gasteiger partial charge >= 0.3 is 0 Å². The first-order chi connectivity index (χ1) is 15.0. The number of benzene rings is 1. The van der Waals surface area contributed by atoms with E-state index < -0.39 is 0 Å². The van der Waals surface area contributed by atoms with Gasteiger partial charge in [0.15, 0.2) is 0 Å². The van der Waals surface area contributed by atoms with Gasteiger partial charge in [-0.05, 0) is 64.4 Å². The number of amides is 1. The molecule has 1 amide bonds. The lowest BCUT2D eigenvalue weighted by Gasteiger charge is -2.17. The van der Waals surface area contributed by atoms with Gasteiger partial charge in [-0.3, -0.25) is 14.2 Å². The third-order valence-corrected chi connectivity index (χ3v) is 6.56. The van der Waals surface area contributed by atoms with Crippen LogP contribution in [0.5, 0.6) is 5.75 Å². The molecule has 0 saturated carbocycles. The number of ether oxygens (including phenoxy) is 1. The van der Waals surface area contributed by atoms with E-state index in [1.54, 1.807) is 17.4 Å². The van der Waals surface area contributed by atoms with Crippen LogP contribution in [0.2, 0.25) is 0 Å². The smallest absolute Gasteiger partial charge is 0.263 e. The van der Waals surface area contributed by atoms with E-state index in [9.17, 15) is 9.59 Å². The summed E-state index contributed by atoms with van der Waals surface area (Å²) in [7, 11) is 3.86. The molecule has 7 nitrogen and oxygen atoms in total. The summed E-state index contributed by atoms with van der Waals surface area (Å²) < 4.78 is 7.13. The predicted molar refractivity (Wildman–Crippen MR) is 124 cm³/mol. The summed E-state index contributed by atoms with van der Waals surface area (Å²) in [6.45, 7) is 2.80. The van der Waals surface area contributed by atoms with Gasteiger partial charge in [0.25, 0.3) is 5.56 Å². The number of hydrogen-bond donors (Lipinski definition) is 1. The van der Waals surface area contributed by atoms with E-state index in [1.807, 2.05) is 44.1 Å². The van der Waals surface area contributed by atoms with Crippen LogP contribution >= 0.6 is 11.3 Å². The average molecular weight is 441 g/mol. The van der Waals surface area contributed by atoms with Crippen LogP contribution in [0.1, 0.15) is 36.0 Å². The molecule has 1 aromatic carbocycles. The van der Waals surface area contributed by atoms with Gasteiger partial charge in [-0.25, -0.2) is 4.98 Å². The molecule has 0 bridgehead atoms. The summed E-state index contributed by atoms with van der Waals surface area (Å²) in [6.07, 6.45) is 4.16.